The number of nitrogens with one attached hydrogen (secondary N) is 2. The third-order valence-corrected chi connectivity index (χ3v) is 3.36. The van der Waals surface area contributed by atoms with E-state index in [-0.39, 0.29) is 5.60 Å². The molecular formula is C12H26N2O. The Kier molecular flexibility index (Phi) is 5.03. The van der Waals surface area contributed by atoms with Crippen LogP contribution in [0.1, 0.15) is 40.0 Å². The summed E-state index contributed by atoms with van der Waals surface area (Å²) in [7, 11) is 1.79. The Morgan fingerprint density at radius 2 is 2.13 bits per heavy atom. The van der Waals surface area contributed by atoms with Gasteiger partial charge in [0.2, 0.25) is 0 Å². The molecule has 1 rings (SSSR count). The zero-order valence-electron chi connectivity index (χ0n) is 10.6. The molecule has 90 valence electrons. The maximum Gasteiger partial charge on any atom is 0.0772 e. The molecule has 1 saturated carbocycles. The second-order valence-corrected chi connectivity index (χ2v) is 4.97. The molecule has 3 heteroatoms. The Morgan fingerprint density at radius 1 is 1.47 bits per heavy atom. The average molecular weight is 214 g/mol. The Labute approximate surface area is 94.0 Å². The molecule has 2 N–H and O–H groups in total. The molecule has 0 aromatic heterocycles. The molecular weight excluding hydrogens is 188 g/mol. The summed E-state index contributed by atoms with van der Waals surface area (Å²) in [4.78, 5) is 0. The Bertz CT molecular complexity index is 176. The molecule has 0 heterocycles. The first-order valence-corrected chi connectivity index (χ1v) is 6.11. The third kappa shape index (κ3) is 4.96. The van der Waals surface area contributed by atoms with E-state index in [4.69, 9.17) is 4.74 Å². The van der Waals surface area contributed by atoms with Crippen molar-refractivity contribution < 1.29 is 4.74 Å². The van der Waals surface area contributed by atoms with Gasteiger partial charge in [-0.3, -0.25) is 0 Å². The molecule has 0 spiro atoms. The minimum absolute atomic E-state index is 0.0200. The van der Waals surface area contributed by atoms with Crippen LogP contribution in [0.2, 0.25) is 0 Å². The van der Waals surface area contributed by atoms with Crippen molar-refractivity contribution in [2.75, 3.05) is 20.2 Å². The summed E-state index contributed by atoms with van der Waals surface area (Å²) in [6.45, 7) is 8.53. The molecule has 0 aromatic carbocycles. The van der Waals surface area contributed by atoms with E-state index in [9.17, 15) is 0 Å². The number of hydrogen-bond acceptors (Lipinski definition) is 3. The van der Waals surface area contributed by atoms with Gasteiger partial charge >= 0.3 is 0 Å². The summed E-state index contributed by atoms with van der Waals surface area (Å²) in [5.74, 6) is 0. The molecule has 1 fully saturated rings. The zero-order chi connectivity index (χ0) is 11.3. The van der Waals surface area contributed by atoms with E-state index in [1.807, 2.05) is 0 Å². The van der Waals surface area contributed by atoms with Crippen molar-refractivity contribution in [3.8, 4) is 0 Å². The predicted molar refractivity (Wildman–Crippen MR) is 64.2 cm³/mol. The van der Waals surface area contributed by atoms with Gasteiger partial charge in [0.25, 0.3) is 0 Å². The number of ether oxygens (including phenoxy) is 1. The summed E-state index contributed by atoms with van der Waals surface area (Å²) >= 11 is 0. The van der Waals surface area contributed by atoms with E-state index < -0.39 is 0 Å². The van der Waals surface area contributed by atoms with Crippen LogP contribution in [0.5, 0.6) is 0 Å². The molecule has 2 unspecified atom stereocenters. The quantitative estimate of drug-likeness (QED) is 0.643. The molecule has 0 saturated heterocycles. The van der Waals surface area contributed by atoms with Crippen molar-refractivity contribution in [2.45, 2.75) is 57.7 Å². The molecule has 0 radical (unpaired) electrons. The van der Waals surface area contributed by atoms with Gasteiger partial charge in [-0.15, -0.1) is 0 Å². The average Bonchev–Trinajstić information content (AvgIpc) is 3.07. The fraction of sp³-hybridized carbons (Fsp3) is 1.00. The van der Waals surface area contributed by atoms with Crippen molar-refractivity contribution in [1.29, 1.82) is 0 Å². The van der Waals surface area contributed by atoms with Crippen molar-refractivity contribution in [1.82, 2.24) is 10.6 Å². The van der Waals surface area contributed by atoms with Crippen LogP contribution in [0.4, 0.5) is 0 Å². The van der Waals surface area contributed by atoms with Crippen molar-refractivity contribution in [2.24, 2.45) is 0 Å². The van der Waals surface area contributed by atoms with Gasteiger partial charge in [-0.1, -0.05) is 6.92 Å². The van der Waals surface area contributed by atoms with Crippen LogP contribution < -0.4 is 10.6 Å². The lowest BCUT2D eigenvalue weighted by Crippen LogP contribution is -2.46. The van der Waals surface area contributed by atoms with Gasteiger partial charge in [0.05, 0.1) is 5.60 Å². The van der Waals surface area contributed by atoms with Gasteiger partial charge in [0.15, 0.2) is 0 Å². The second kappa shape index (κ2) is 5.83. The fourth-order valence-electron chi connectivity index (χ4n) is 1.43. The van der Waals surface area contributed by atoms with Gasteiger partial charge in [0, 0.05) is 32.3 Å². The number of hydrogen-bond donors (Lipinski definition) is 2. The SMILES string of the molecule is CCC(C)(CNC(C)CNC1CC1)OC. The first-order valence-electron chi connectivity index (χ1n) is 6.11. The maximum atomic E-state index is 5.49. The van der Waals surface area contributed by atoms with Gasteiger partial charge in [-0.2, -0.15) is 0 Å². The molecule has 15 heavy (non-hydrogen) atoms. The second-order valence-electron chi connectivity index (χ2n) is 4.97. The molecule has 0 amide bonds. The first kappa shape index (κ1) is 12.9. The summed E-state index contributed by atoms with van der Waals surface area (Å²) < 4.78 is 5.49. The fourth-order valence-corrected chi connectivity index (χ4v) is 1.43. The minimum atomic E-state index is -0.0200. The maximum absolute atomic E-state index is 5.49. The summed E-state index contributed by atoms with van der Waals surface area (Å²) in [6.07, 6.45) is 3.76. The largest absolute Gasteiger partial charge is 0.377 e. The van der Waals surface area contributed by atoms with Gasteiger partial charge in [-0.05, 0) is 33.1 Å². The Balaban J connectivity index is 2.10. The van der Waals surface area contributed by atoms with Crippen LogP contribution in [-0.2, 0) is 4.74 Å². The van der Waals surface area contributed by atoms with Gasteiger partial charge < -0.3 is 15.4 Å². The standard InChI is InChI=1S/C12H26N2O/c1-5-12(3,15-4)9-14-10(2)8-13-11-6-7-11/h10-11,13-14H,5-9H2,1-4H3. The molecule has 0 aliphatic heterocycles. The Morgan fingerprint density at radius 3 is 2.60 bits per heavy atom. The van der Waals surface area contributed by atoms with Crippen LogP contribution in [0.3, 0.4) is 0 Å². The molecule has 2 atom stereocenters. The minimum Gasteiger partial charge on any atom is -0.377 e. The number of methoxy groups -OCH3 is 1. The monoisotopic (exact) mass is 214 g/mol. The number of rotatable bonds is 8. The van der Waals surface area contributed by atoms with Crippen LogP contribution in [0.25, 0.3) is 0 Å². The molecule has 3 nitrogen and oxygen atoms in total. The summed E-state index contributed by atoms with van der Waals surface area (Å²) in [5.41, 5.74) is -0.0200. The first-order chi connectivity index (χ1) is 7.09. The normalized spacial score (nSPS) is 22.4. The highest BCUT2D eigenvalue weighted by Gasteiger charge is 2.23. The van der Waals surface area contributed by atoms with E-state index in [2.05, 4.69) is 31.4 Å². The van der Waals surface area contributed by atoms with E-state index in [0.29, 0.717) is 6.04 Å². The predicted octanol–water partition coefficient (Wildman–Crippen LogP) is 1.53. The molecule has 0 bridgehead atoms. The van der Waals surface area contributed by atoms with Gasteiger partial charge in [0.1, 0.15) is 0 Å². The Hall–Kier alpha value is -0.120. The van der Waals surface area contributed by atoms with Crippen molar-refractivity contribution >= 4 is 0 Å². The third-order valence-electron chi connectivity index (χ3n) is 3.36. The highest BCUT2D eigenvalue weighted by molar-refractivity contribution is 4.83. The van der Waals surface area contributed by atoms with Crippen LogP contribution in [0, 0.1) is 0 Å². The summed E-state index contributed by atoms with van der Waals surface area (Å²) in [6, 6.07) is 1.32. The molecule has 1 aliphatic rings. The zero-order valence-corrected chi connectivity index (χ0v) is 10.6. The van der Waals surface area contributed by atoms with Crippen LogP contribution in [-0.4, -0.2) is 37.9 Å². The van der Waals surface area contributed by atoms with E-state index in [1.54, 1.807) is 7.11 Å². The molecule has 1 aliphatic carbocycles. The molecule has 0 aromatic rings. The topological polar surface area (TPSA) is 33.3 Å². The van der Waals surface area contributed by atoms with E-state index in [0.717, 1.165) is 25.6 Å². The van der Waals surface area contributed by atoms with E-state index in [1.165, 1.54) is 12.8 Å². The van der Waals surface area contributed by atoms with Gasteiger partial charge in [-0.25, -0.2) is 0 Å². The van der Waals surface area contributed by atoms with Crippen molar-refractivity contribution in [3.63, 3.8) is 0 Å². The van der Waals surface area contributed by atoms with Crippen LogP contribution in [0.15, 0.2) is 0 Å². The smallest absolute Gasteiger partial charge is 0.0772 e. The summed E-state index contributed by atoms with van der Waals surface area (Å²) in [5, 5.41) is 7.05. The lowest BCUT2D eigenvalue weighted by Gasteiger charge is -2.29. The van der Waals surface area contributed by atoms with Crippen LogP contribution >= 0.6 is 0 Å². The lowest BCUT2D eigenvalue weighted by molar-refractivity contribution is 0.00204. The highest BCUT2D eigenvalue weighted by Crippen LogP contribution is 2.18. The van der Waals surface area contributed by atoms with E-state index >= 15 is 0 Å². The highest BCUT2D eigenvalue weighted by atomic mass is 16.5. The van der Waals surface area contributed by atoms with Crippen molar-refractivity contribution in [3.05, 3.63) is 0 Å². The lowest BCUT2D eigenvalue weighted by atomic mass is 10.0.